The van der Waals surface area contributed by atoms with Crippen molar-refractivity contribution < 1.29 is 19.1 Å². The summed E-state index contributed by atoms with van der Waals surface area (Å²) in [6.07, 6.45) is 9.31. The Morgan fingerprint density at radius 2 is 1.72 bits per heavy atom. The minimum Gasteiger partial charge on any atom is -0.468 e. The van der Waals surface area contributed by atoms with Crippen molar-refractivity contribution in [3.05, 3.63) is 37.0 Å². The fourth-order valence-electron chi connectivity index (χ4n) is 1.56. The molecule has 0 bridgehead atoms. The number of carbonyl (C=O) groups excluding carboxylic acids is 2. The summed E-state index contributed by atoms with van der Waals surface area (Å²) in [5.74, 6) is -1.26. The Hall–Kier alpha value is -1.84. The number of rotatable bonds is 7. The van der Waals surface area contributed by atoms with E-state index in [9.17, 15) is 9.59 Å². The molecule has 0 radical (unpaired) electrons. The molecule has 0 aromatic carbocycles. The van der Waals surface area contributed by atoms with Gasteiger partial charge in [0.25, 0.3) is 0 Å². The van der Waals surface area contributed by atoms with E-state index >= 15 is 0 Å². The molecule has 4 heteroatoms. The van der Waals surface area contributed by atoms with Gasteiger partial charge in [-0.05, 0) is 19.8 Å². The summed E-state index contributed by atoms with van der Waals surface area (Å²) in [5.41, 5.74) is -1.41. The lowest BCUT2D eigenvalue weighted by Crippen LogP contribution is -2.39. The van der Waals surface area contributed by atoms with Crippen LogP contribution in [0, 0.1) is 5.41 Å². The third kappa shape index (κ3) is 3.87. The van der Waals surface area contributed by atoms with Crippen LogP contribution in [-0.2, 0) is 19.1 Å². The first-order chi connectivity index (χ1) is 8.58. The molecule has 0 amide bonds. The number of esters is 2. The zero-order valence-corrected chi connectivity index (χ0v) is 11.1. The van der Waals surface area contributed by atoms with Crippen LogP contribution in [-0.4, -0.2) is 26.2 Å². The Morgan fingerprint density at radius 1 is 1.17 bits per heavy atom. The molecule has 0 N–H and O–H groups in total. The zero-order valence-electron chi connectivity index (χ0n) is 11.1. The smallest absolute Gasteiger partial charge is 0.327 e. The van der Waals surface area contributed by atoms with Crippen LogP contribution in [0.2, 0.25) is 0 Å². The van der Waals surface area contributed by atoms with E-state index in [1.165, 1.54) is 20.3 Å². The number of ether oxygens (including phenoxy) is 2. The highest BCUT2D eigenvalue weighted by Gasteiger charge is 2.45. The van der Waals surface area contributed by atoms with Crippen molar-refractivity contribution in [1.82, 2.24) is 0 Å². The maximum absolute atomic E-state index is 11.9. The quantitative estimate of drug-likeness (QED) is 0.396. The fraction of sp³-hybridized carbons (Fsp3) is 0.429. The van der Waals surface area contributed by atoms with Gasteiger partial charge < -0.3 is 9.47 Å². The summed E-state index contributed by atoms with van der Waals surface area (Å²) in [6.45, 7) is 5.32. The first kappa shape index (κ1) is 16.2. The van der Waals surface area contributed by atoms with Crippen molar-refractivity contribution >= 4 is 11.9 Å². The van der Waals surface area contributed by atoms with Crippen molar-refractivity contribution in [3.8, 4) is 0 Å². The largest absolute Gasteiger partial charge is 0.468 e. The molecule has 100 valence electrons. The Balaban J connectivity index is 5.26. The summed E-state index contributed by atoms with van der Waals surface area (Å²) in [5, 5.41) is 0. The van der Waals surface area contributed by atoms with Gasteiger partial charge in [-0.3, -0.25) is 9.59 Å². The van der Waals surface area contributed by atoms with E-state index in [2.05, 4.69) is 6.58 Å². The second-order valence-corrected chi connectivity index (χ2v) is 3.65. The molecule has 0 aromatic rings. The van der Waals surface area contributed by atoms with Crippen LogP contribution in [0.1, 0.15) is 19.8 Å². The number of allylic oxidation sites excluding steroid dienone is 4. The van der Waals surface area contributed by atoms with E-state index in [1.54, 1.807) is 25.2 Å². The third-order valence-corrected chi connectivity index (χ3v) is 2.46. The molecule has 0 saturated carbocycles. The Morgan fingerprint density at radius 3 is 2.11 bits per heavy atom. The van der Waals surface area contributed by atoms with E-state index in [0.717, 1.165) is 0 Å². The van der Waals surface area contributed by atoms with Gasteiger partial charge in [0, 0.05) is 0 Å². The van der Waals surface area contributed by atoms with Gasteiger partial charge in [0.2, 0.25) is 0 Å². The Bertz CT molecular complexity index is 337. The average molecular weight is 252 g/mol. The fourth-order valence-corrected chi connectivity index (χ4v) is 1.56. The molecule has 0 heterocycles. The molecule has 18 heavy (non-hydrogen) atoms. The predicted molar refractivity (Wildman–Crippen MR) is 69.9 cm³/mol. The van der Waals surface area contributed by atoms with E-state index in [4.69, 9.17) is 9.47 Å². The van der Waals surface area contributed by atoms with Gasteiger partial charge in [0.1, 0.15) is 0 Å². The van der Waals surface area contributed by atoms with Crippen LogP contribution >= 0.6 is 0 Å². The summed E-state index contributed by atoms with van der Waals surface area (Å²) in [7, 11) is 2.49. The average Bonchev–Trinajstić information content (AvgIpc) is 2.40. The summed E-state index contributed by atoms with van der Waals surface area (Å²) in [4.78, 5) is 23.7. The molecule has 0 aliphatic carbocycles. The first-order valence-corrected chi connectivity index (χ1v) is 5.65. The van der Waals surface area contributed by atoms with E-state index in [0.29, 0.717) is 6.42 Å². The minimum absolute atomic E-state index is 0.199. The number of hydrogen-bond donors (Lipinski definition) is 0. The van der Waals surface area contributed by atoms with Crippen LogP contribution in [0.4, 0.5) is 0 Å². The van der Waals surface area contributed by atoms with Gasteiger partial charge in [0.05, 0.1) is 14.2 Å². The predicted octanol–water partition coefficient (Wildman–Crippen LogP) is 2.42. The molecule has 0 aliphatic heterocycles. The van der Waals surface area contributed by atoms with Crippen molar-refractivity contribution in [2.45, 2.75) is 19.8 Å². The van der Waals surface area contributed by atoms with Crippen molar-refractivity contribution in [2.24, 2.45) is 5.41 Å². The number of hydrogen-bond acceptors (Lipinski definition) is 4. The van der Waals surface area contributed by atoms with E-state index in [-0.39, 0.29) is 6.42 Å². The molecule has 0 spiro atoms. The van der Waals surface area contributed by atoms with Gasteiger partial charge in [0.15, 0.2) is 5.41 Å². The van der Waals surface area contributed by atoms with Crippen LogP contribution in [0.5, 0.6) is 0 Å². The third-order valence-electron chi connectivity index (χ3n) is 2.46. The maximum Gasteiger partial charge on any atom is 0.327 e. The van der Waals surface area contributed by atoms with Gasteiger partial charge >= 0.3 is 11.9 Å². The molecule has 0 fully saturated rings. The van der Waals surface area contributed by atoms with Crippen LogP contribution in [0.15, 0.2) is 37.0 Å². The van der Waals surface area contributed by atoms with Crippen LogP contribution in [0.25, 0.3) is 0 Å². The standard InChI is InChI=1S/C14H20O4/c1-5-7-8-9-11-14(10-6-2,12(15)17-3)13(16)18-4/h5-6,8-10H,1,7,11H2,2-4H3/b9-8+,10-6+. The van der Waals surface area contributed by atoms with E-state index < -0.39 is 17.4 Å². The van der Waals surface area contributed by atoms with Gasteiger partial charge in [-0.25, -0.2) is 0 Å². The maximum atomic E-state index is 11.9. The molecule has 4 nitrogen and oxygen atoms in total. The molecule has 0 saturated heterocycles. The monoisotopic (exact) mass is 252 g/mol. The summed E-state index contributed by atoms with van der Waals surface area (Å²) >= 11 is 0. The highest BCUT2D eigenvalue weighted by Crippen LogP contribution is 2.28. The Kier molecular flexibility index (Phi) is 7.43. The topological polar surface area (TPSA) is 52.6 Å². The van der Waals surface area contributed by atoms with Crippen molar-refractivity contribution in [2.75, 3.05) is 14.2 Å². The number of methoxy groups -OCH3 is 2. The minimum atomic E-state index is -1.41. The lowest BCUT2D eigenvalue weighted by Gasteiger charge is -2.23. The van der Waals surface area contributed by atoms with Crippen molar-refractivity contribution in [1.29, 1.82) is 0 Å². The molecule has 0 unspecified atom stereocenters. The second kappa shape index (κ2) is 8.28. The van der Waals surface area contributed by atoms with E-state index in [1.807, 2.05) is 6.08 Å². The Labute approximate surface area is 108 Å². The summed E-state index contributed by atoms with van der Waals surface area (Å²) < 4.78 is 9.41. The first-order valence-electron chi connectivity index (χ1n) is 5.65. The highest BCUT2D eigenvalue weighted by atomic mass is 16.5. The molecule has 0 aliphatic rings. The molecular formula is C14H20O4. The lowest BCUT2D eigenvalue weighted by atomic mass is 9.83. The summed E-state index contributed by atoms with van der Waals surface area (Å²) in [6, 6.07) is 0. The van der Waals surface area contributed by atoms with Gasteiger partial charge in [-0.15, -0.1) is 6.58 Å². The number of carbonyl (C=O) groups is 2. The molecule has 0 atom stereocenters. The normalized spacial score (nSPS) is 11.7. The SMILES string of the molecule is C=CC/C=C/CC(/C=C/C)(C(=O)OC)C(=O)OC. The second-order valence-electron chi connectivity index (χ2n) is 3.65. The zero-order chi connectivity index (χ0) is 14.0. The highest BCUT2D eigenvalue weighted by molar-refractivity contribution is 6.02. The molecule has 0 aromatic heterocycles. The molecule has 0 rings (SSSR count). The van der Waals surface area contributed by atoms with Crippen LogP contribution in [0.3, 0.4) is 0 Å². The van der Waals surface area contributed by atoms with Gasteiger partial charge in [-0.2, -0.15) is 0 Å². The van der Waals surface area contributed by atoms with Gasteiger partial charge in [-0.1, -0.05) is 30.4 Å². The van der Waals surface area contributed by atoms with Crippen molar-refractivity contribution in [3.63, 3.8) is 0 Å². The molecular weight excluding hydrogens is 232 g/mol. The lowest BCUT2D eigenvalue weighted by molar-refractivity contribution is -0.164. The van der Waals surface area contributed by atoms with Crippen LogP contribution < -0.4 is 0 Å².